The zero-order valence-corrected chi connectivity index (χ0v) is 14.3. The van der Waals surface area contributed by atoms with Crippen LogP contribution in [0.4, 0.5) is 5.82 Å². The summed E-state index contributed by atoms with van der Waals surface area (Å²) in [5.74, 6) is 1.75. The molecule has 0 unspecified atom stereocenters. The molecule has 1 fully saturated rings. The van der Waals surface area contributed by atoms with Gasteiger partial charge in [-0.05, 0) is 37.0 Å². The van der Waals surface area contributed by atoms with Gasteiger partial charge in [-0.2, -0.15) is 0 Å². The molecule has 0 bridgehead atoms. The number of nitrogens with zero attached hydrogens (tertiary/aromatic N) is 2. The average Bonchev–Trinajstić information content (AvgIpc) is 3.11. The summed E-state index contributed by atoms with van der Waals surface area (Å²) in [5, 5.41) is 3.02. The van der Waals surface area contributed by atoms with Gasteiger partial charge in [-0.25, -0.2) is 4.98 Å². The molecule has 5 nitrogen and oxygen atoms in total. The largest absolute Gasteiger partial charge is 0.480 e. The van der Waals surface area contributed by atoms with Crippen molar-refractivity contribution in [2.75, 3.05) is 18.0 Å². The number of hydrogen-bond donors (Lipinski definition) is 1. The van der Waals surface area contributed by atoms with E-state index in [4.69, 9.17) is 4.74 Å². The van der Waals surface area contributed by atoms with Gasteiger partial charge in [-0.3, -0.25) is 4.79 Å². The first-order valence-corrected chi connectivity index (χ1v) is 9.02. The Morgan fingerprint density at radius 2 is 2.00 bits per heavy atom. The molecule has 1 saturated heterocycles. The molecule has 0 radical (unpaired) electrons. The van der Waals surface area contributed by atoms with Crippen LogP contribution in [-0.4, -0.2) is 30.1 Å². The number of carbonyl (C=O) groups excluding carboxylic acids is 1. The quantitative estimate of drug-likeness (QED) is 0.932. The number of piperidine rings is 1. The summed E-state index contributed by atoms with van der Waals surface area (Å²) in [7, 11) is 0. The molecule has 1 aromatic carbocycles. The molecule has 1 atom stereocenters. The zero-order valence-electron chi connectivity index (χ0n) is 14.3. The molecule has 5 heteroatoms. The third-order valence-electron chi connectivity index (χ3n) is 4.92. The van der Waals surface area contributed by atoms with E-state index in [1.54, 1.807) is 0 Å². The second-order valence-corrected chi connectivity index (χ2v) is 6.67. The van der Waals surface area contributed by atoms with Crippen LogP contribution >= 0.6 is 0 Å². The first kappa shape index (κ1) is 15.9. The van der Waals surface area contributed by atoms with Gasteiger partial charge in [-0.1, -0.05) is 24.3 Å². The second-order valence-electron chi connectivity index (χ2n) is 6.67. The second kappa shape index (κ2) is 7.13. The van der Waals surface area contributed by atoms with Crippen molar-refractivity contribution >= 4 is 11.7 Å². The van der Waals surface area contributed by atoms with Crippen molar-refractivity contribution in [1.29, 1.82) is 0 Å². The lowest BCUT2D eigenvalue weighted by molar-refractivity contribution is -0.127. The number of hydrogen-bond acceptors (Lipinski definition) is 4. The van der Waals surface area contributed by atoms with E-state index in [1.165, 1.54) is 19.3 Å². The van der Waals surface area contributed by atoms with Gasteiger partial charge in [0.2, 0.25) is 0 Å². The van der Waals surface area contributed by atoms with E-state index in [0.29, 0.717) is 13.0 Å². The highest BCUT2D eigenvalue weighted by Gasteiger charge is 2.28. The van der Waals surface area contributed by atoms with Crippen molar-refractivity contribution in [2.45, 2.75) is 38.3 Å². The Balaban J connectivity index is 1.39. The molecule has 0 spiro atoms. The lowest BCUT2D eigenvalue weighted by Crippen LogP contribution is -2.38. The molecule has 2 aromatic rings. The summed E-state index contributed by atoms with van der Waals surface area (Å²) in [5.41, 5.74) is 2.16. The minimum Gasteiger partial charge on any atom is -0.480 e. The SMILES string of the molecule is O=C(NCc1cccnc1N1CCCCC1)[C@H]1Cc2ccccc2O1. The Bertz CT molecular complexity index is 731. The van der Waals surface area contributed by atoms with Crippen molar-refractivity contribution in [3.8, 4) is 5.75 Å². The monoisotopic (exact) mass is 337 g/mol. The summed E-state index contributed by atoms with van der Waals surface area (Å²) in [6, 6.07) is 11.8. The van der Waals surface area contributed by atoms with Crippen molar-refractivity contribution in [3.63, 3.8) is 0 Å². The molecule has 1 N–H and O–H groups in total. The van der Waals surface area contributed by atoms with E-state index in [0.717, 1.165) is 35.8 Å². The molecule has 25 heavy (non-hydrogen) atoms. The number of nitrogens with one attached hydrogen (secondary N) is 1. The van der Waals surface area contributed by atoms with E-state index in [1.807, 2.05) is 42.6 Å². The highest BCUT2D eigenvalue weighted by molar-refractivity contribution is 5.82. The Morgan fingerprint density at radius 3 is 2.84 bits per heavy atom. The van der Waals surface area contributed by atoms with Gasteiger partial charge in [0, 0.05) is 37.8 Å². The van der Waals surface area contributed by atoms with Gasteiger partial charge in [0.05, 0.1) is 0 Å². The van der Waals surface area contributed by atoms with Crippen LogP contribution in [-0.2, 0) is 17.8 Å². The number of para-hydroxylation sites is 1. The Hall–Kier alpha value is -2.56. The fourth-order valence-corrected chi connectivity index (χ4v) is 3.58. The molecule has 3 heterocycles. The van der Waals surface area contributed by atoms with Crippen LogP contribution in [0.2, 0.25) is 0 Å². The molecular weight excluding hydrogens is 314 g/mol. The van der Waals surface area contributed by atoms with E-state index < -0.39 is 6.10 Å². The van der Waals surface area contributed by atoms with Gasteiger partial charge in [0.15, 0.2) is 6.10 Å². The first-order chi connectivity index (χ1) is 12.3. The third kappa shape index (κ3) is 3.45. The minimum atomic E-state index is -0.437. The van der Waals surface area contributed by atoms with Crippen LogP contribution in [0.25, 0.3) is 0 Å². The fourth-order valence-electron chi connectivity index (χ4n) is 3.58. The average molecular weight is 337 g/mol. The van der Waals surface area contributed by atoms with Crippen molar-refractivity contribution < 1.29 is 9.53 Å². The van der Waals surface area contributed by atoms with Crippen LogP contribution in [0.3, 0.4) is 0 Å². The molecule has 0 aliphatic carbocycles. The predicted molar refractivity (Wildman–Crippen MR) is 96.7 cm³/mol. The highest BCUT2D eigenvalue weighted by atomic mass is 16.5. The number of aromatic nitrogens is 1. The summed E-state index contributed by atoms with van der Waals surface area (Å²) in [4.78, 5) is 19.4. The fraction of sp³-hybridized carbons (Fsp3) is 0.400. The Kier molecular flexibility index (Phi) is 4.55. The minimum absolute atomic E-state index is 0.0651. The van der Waals surface area contributed by atoms with E-state index in [9.17, 15) is 4.79 Å². The molecular formula is C20H23N3O2. The number of amides is 1. The van der Waals surface area contributed by atoms with Gasteiger partial charge in [-0.15, -0.1) is 0 Å². The maximum absolute atomic E-state index is 12.5. The number of benzene rings is 1. The van der Waals surface area contributed by atoms with E-state index in [-0.39, 0.29) is 5.91 Å². The number of pyridine rings is 1. The number of carbonyl (C=O) groups is 1. The molecule has 0 saturated carbocycles. The van der Waals surface area contributed by atoms with Crippen LogP contribution in [0.5, 0.6) is 5.75 Å². The van der Waals surface area contributed by atoms with Gasteiger partial charge in [0.25, 0.3) is 5.91 Å². The Morgan fingerprint density at radius 1 is 1.16 bits per heavy atom. The summed E-state index contributed by atoms with van der Waals surface area (Å²) >= 11 is 0. The summed E-state index contributed by atoms with van der Waals surface area (Å²) in [6.45, 7) is 2.56. The molecule has 1 amide bonds. The van der Waals surface area contributed by atoms with Crippen molar-refractivity contribution in [1.82, 2.24) is 10.3 Å². The number of rotatable bonds is 4. The normalized spacial score (nSPS) is 19.2. The maximum Gasteiger partial charge on any atom is 0.261 e. The predicted octanol–water partition coefficient (Wildman–Crippen LogP) is 2.69. The third-order valence-corrected chi connectivity index (χ3v) is 4.92. The van der Waals surface area contributed by atoms with E-state index in [2.05, 4.69) is 15.2 Å². The van der Waals surface area contributed by atoms with Crippen LogP contribution < -0.4 is 15.0 Å². The van der Waals surface area contributed by atoms with Gasteiger partial charge >= 0.3 is 0 Å². The lowest BCUT2D eigenvalue weighted by Gasteiger charge is -2.29. The molecule has 1 aromatic heterocycles. The zero-order chi connectivity index (χ0) is 17.1. The number of ether oxygens (including phenoxy) is 1. The van der Waals surface area contributed by atoms with E-state index >= 15 is 0 Å². The lowest BCUT2D eigenvalue weighted by atomic mass is 10.1. The van der Waals surface area contributed by atoms with Crippen molar-refractivity contribution in [2.24, 2.45) is 0 Å². The first-order valence-electron chi connectivity index (χ1n) is 9.02. The standard InChI is InChI=1S/C20H23N3O2/c24-20(18-13-15-7-2-3-9-17(15)25-18)22-14-16-8-6-10-21-19(16)23-11-4-1-5-12-23/h2-3,6-10,18H,1,4-5,11-14H2,(H,22,24)/t18-/m1/s1. The van der Waals surface area contributed by atoms with Crippen LogP contribution in [0.15, 0.2) is 42.6 Å². The maximum atomic E-state index is 12.5. The molecule has 4 rings (SSSR count). The van der Waals surface area contributed by atoms with Gasteiger partial charge in [0.1, 0.15) is 11.6 Å². The Labute approximate surface area is 148 Å². The number of fused-ring (bicyclic) bond motifs is 1. The molecule has 2 aliphatic rings. The molecule has 2 aliphatic heterocycles. The highest BCUT2D eigenvalue weighted by Crippen LogP contribution is 2.28. The molecule has 130 valence electrons. The number of anilines is 1. The summed E-state index contributed by atoms with van der Waals surface area (Å²) < 4.78 is 5.77. The smallest absolute Gasteiger partial charge is 0.261 e. The van der Waals surface area contributed by atoms with Crippen molar-refractivity contribution in [3.05, 3.63) is 53.7 Å². The summed E-state index contributed by atoms with van der Waals surface area (Å²) in [6.07, 6.45) is 5.72. The van der Waals surface area contributed by atoms with Gasteiger partial charge < -0.3 is 15.0 Å². The van der Waals surface area contributed by atoms with Crippen LogP contribution in [0.1, 0.15) is 30.4 Å². The van der Waals surface area contributed by atoms with Crippen LogP contribution in [0, 0.1) is 0 Å². The topological polar surface area (TPSA) is 54.5 Å².